The predicted molar refractivity (Wildman–Crippen MR) is 63.5 cm³/mol. The standard InChI is InChI=1S/C10H10BrFO4S/c1-16-10(13)6-3-4-8(17(2,14)15)9(12)7(6)5-11/h3-4H,5H2,1-2H3. The van der Waals surface area contributed by atoms with E-state index in [0.717, 1.165) is 12.3 Å². The number of ether oxygens (including phenoxy) is 1. The molecule has 94 valence electrons. The average Bonchev–Trinajstić information content (AvgIpc) is 2.25. The van der Waals surface area contributed by atoms with Crippen molar-refractivity contribution >= 4 is 31.7 Å². The molecule has 4 nitrogen and oxygen atoms in total. The van der Waals surface area contributed by atoms with Crippen LogP contribution in [0.25, 0.3) is 0 Å². The van der Waals surface area contributed by atoms with E-state index in [1.165, 1.54) is 13.2 Å². The van der Waals surface area contributed by atoms with Crippen LogP contribution in [0.5, 0.6) is 0 Å². The number of methoxy groups -OCH3 is 1. The highest BCUT2D eigenvalue weighted by atomic mass is 79.9. The molecule has 0 unspecified atom stereocenters. The van der Waals surface area contributed by atoms with Crippen molar-refractivity contribution in [2.75, 3.05) is 13.4 Å². The molecule has 0 radical (unpaired) electrons. The van der Waals surface area contributed by atoms with Crippen LogP contribution in [-0.4, -0.2) is 27.8 Å². The fourth-order valence-corrected chi connectivity index (χ4v) is 2.63. The van der Waals surface area contributed by atoms with Gasteiger partial charge < -0.3 is 4.74 Å². The lowest BCUT2D eigenvalue weighted by atomic mass is 10.1. The summed E-state index contributed by atoms with van der Waals surface area (Å²) in [5, 5.41) is 0.0205. The summed E-state index contributed by atoms with van der Waals surface area (Å²) < 4.78 is 41.0. The molecule has 0 spiro atoms. The monoisotopic (exact) mass is 324 g/mol. The summed E-state index contributed by atoms with van der Waals surface area (Å²) in [7, 11) is -2.49. The molecule has 0 bridgehead atoms. The average molecular weight is 325 g/mol. The number of hydrogen-bond acceptors (Lipinski definition) is 4. The second-order valence-corrected chi connectivity index (χ2v) is 5.85. The van der Waals surface area contributed by atoms with E-state index < -0.39 is 26.5 Å². The zero-order chi connectivity index (χ0) is 13.2. The molecule has 0 N–H and O–H groups in total. The molecule has 0 atom stereocenters. The van der Waals surface area contributed by atoms with Crippen LogP contribution in [0.2, 0.25) is 0 Å². The molecule has 17 heavy (non-hydrogen) atoms. The zero-order valence-electron chi connectivity index (χ0n) is 9.16. The molecule has 0 saturated carbocycles. The number of hydrogen-bond donors (Lipinski definition) is 0. The van der Waals surface area contributed by atoms with Crippen molar-refractivity contribution in [2.24, 2.45) is 0 Å². The molecule has 0 fully saturated rings. The maximum Gasteiger partial charge on any atom is 0.338 e. The summed E-state index contributed by atoms with van der Waals surface area (Å²) >= 11 is 3.01. The highest BCUT2D eigenvalue weighted by Gasteiger charge is 2.22. The Morgan fingerprint density at radius 3 is 2.47 bits per heavy atom. The van der Waals surface area contributed by atoms with E-state index in [4.69, 9.17) is 0 Å². The van der Waals surface area contributed by atoms with E-state index in [9.17, 15) is 17.6 Å². The number of esters is 1. The highest BCUT2D eigenvalue weighted by Crippen LogP contribution is 2.24. The van der Waals surface area contributed by atoms with Crippen LogP contribution in [0.15, 0.2) is 17.0 Å². The van der Waals surface area contributed by atoms with Gasteiger partial charge in [-0.05, 0) is 12.1 Å². The number of carbonyl (C=O) groups excluding carboxylic acids is 1. The molecule has 0 heterocycles. The second-order valence-electron chi connectivity index (χ2n) is 3.30. The first-order chi connectivity index (χ1) is 7.82. The highest BCUT2D eigenvalue weighted by molar-refractivity contribution is 9.08. The van der Waals surface area contributed by atoms with Gasteiger partial charge in [-0.2, -0.15) is 0 Å². The first-order valence-electron chi connectivity index (χ1n) is 4.48. The first-order valence-corrected chi connectivity index (χ1v) is 7.50. The van der Waals surface area contributed by atoms with Gasteiger partial charge in [-0.1, -0.05) is 15.9 Å². The van der Waals surface area contributed by atoms with Crippen LogP contribution in [0.4, 0.5) is 4.39 Å². The summed E-state index contributed by atoms with van der Waals surface area (Å²) in [5.41, 5.74) is -0.0194. The van der Waals surface area contributed by atoms with Gasteiger partial charge in [0.1, 0.15) is 10.7 Å². The summed E-state index contributed by atoms with van der Waals surface area (Å²) in [6.45, 7) is 0. The van der Waals surface area contributed by atoms with Crippen LogP contribution < -0.4 is 0 Å². The van der Waals surface area contributed by atoms with Crippen LogP contribution in [-0.2, 0) is 19.9 Å². The van der Waals surface area contributed by atoms with Gasteiger partial charge in [-0.3, -0.25) is 0 Å². The van der Waals surface area contributed by atoms with Crippen molar-refractivity contribution in [3.63, 3.8) is 0 Å². The minimum atomic E-state index is -3.66. The van der Waals surface area contributed by atoms with Crippen LogP contribution >= 0.6 is 15.9 Å². The molecule has 7 heteroatoms. The maximum absolute atomic E-state index is 13.9. The van der Waals surface area contributed by atoms with E-state index in [-0.39, 0.29) is 16.5 Å². The van der Waals surface area contributed by atoms with E-state index in [0.29, 0.717) is 0 Å². The van der Waals surface area contributed by atoms with Crippen LogP contribution in [0, 0.1) is 5.82 Å². The Labute approximate surface area is 107 Å². The molecule has 0 saturated heterocycles. The fourth-order valence-electron chi connectivity index (χ4n) is 1.32. The molecule has 1 aromatic carbocycles. The normalized spacial score (nSPS) is 11.3. The molecule has 0 amide bonds. The Hall–Kier alpha value is -0.950. The Bertz CT molecular complexity index is 554. The van der Waals surface area contributed by atoms with Crippen molar-refractivity contribution in [3.05, 3.63) is 29.1 Å². The second kappa shape index (κ2) is 5.14. The zero-order valence-corrected chi connectivity index (χ0v) is 11.6. The Kier molecular flexibility index (Phi) is 4.26. The third-order valence-corrected chi connectivity index (χ3v) is 3.82. The summed E-state index contributed by atoms with van der Waals surface area (Å²) in [4.78, 5) is 10.9. The van der Waals surface area contributed by atoms with Gasteiger partial charge in [-0.25, -0.2) is 17.6 Å². The molecule has 0 aliphatic rings. The number of alkyl halides is 1. The topological polar surface area (TPSA) is 60.4 Å². The van der Waals surface area contributed by atoms with Gasteiger partial charge in [0.05, 0.1) is 12.7 Å². The smallest absolute Gasteiger partial charge is 0.338 e. The molecule has 0 aliphatic heterocycles. The van der Waals surface area contributed by atoms with Gasteiger partial charge in [0.25, 0.3) is 0 Å². The van der Waals surface area contributed by atoms with Crippen molar-refractivity contribution in [2.45, 2.75) is 10.2 Å². The SMILES string of the molecule is COC(=O)c1ccc(S(C)(=O)=O)c(F)c1CBr. The molecule has 1 aromatic rings. The number of halogens is 2. The number of carbonyl (C=O) groups is 1. The predicted octanol–water partition coefficient (Wildman–Crippen LogP) is 1.91. The number of sulfone groups is 1. The van der Waals surface area contributed by atoms with E-state index >= 15 is 0 Å². The van der Waals surface area contributed by atoms with E-state index in [1.807, 2.05) is 0 Å². The van der Waals surface area contributed by atoms with Crippen molar-refractivity contribution < 1.29 is 22.3 Å². The molecular weight excluding hydrogens is 315 g/mol. The molecule has 1 rings (SSSR count). The lowest BCUT2D eigenvalue weighted by molar-refractivity contribution is 0.0599. The van der Waals surface area contributed by atoms with Crippen molar-refractivity contribution in [1.82, 2.24) is 0 Å². The maximum atomic E-state index is 13.9. The van der Waals surface area contributed by atoms with Crippen molar-refractivity contribution in [1.29, 1.82) is 0 Å². The van der Waals surface area contributed by atoms with Gasteiger partial charge >= 0.3 is 5.97 Å². The molecular formula is C10H10BrFO4S. The Balaban J connectivity index is 3.54. The van der Waals surface area contributed by atoms with E-state index in [2.05, 4.69) is 20.7 Å². The summed E-state index contributed by atoms with van der Waals surface area (Å²) in [6.07, 6.45) is 0.904. The number of rotatable bonds is 3. The number of benzene rings is 1. The lowest BCUT2D eigenvalue weighted by Gasteiger charge is -2.09. The Morgan fingerprint density at radius 2 is 2.06 bits per heavy atom. The van der Waals surface area contributed by atoms with Crippen LogP contribution in [0.3, 0.4) is 0 Å². The third-order valence-electron chi connectivity index (χ3n) is 2.15. The van der Waals surface area contributed by atoms with Gasteiger partial charge in [0.2, 0.25) is 0 Å². The quantitative estimate of drug-likeness (QED) is 0.629. The van der Waals surface area contributed by atoms with Gasteiger partial charge in [0.15, 0.2) is 9.84 Å². The van der Waals surface area contributed by atoms with Crippen LogP contribution in [0.1, 0.15) is 15.9 Å². The largest absolute Gasteiger partial charge is 0.465 e. The summed E-state index contributed by atoms with van der Waals surface area (Å²) in [6, 6.07) is 2.30. The third kappa shape index (κ3) is 2.84. The molecule has 0 aromatic heterocycles. The minimum absolute atomic E-state index is 0.00859. The summed E-state index contributed by atoms with van der Waals surface area (Å²) in [5.74, 6) is -1.63. The van der Waals surface area contributed by atoms with E-state index in [1.54, 1.807) is 0 Å². The van der Waals surface area contributed by atoms with Gasteiger partial charge in [0, 0.05) is 17.1 Å². The Morgan fingerprint density at radius 1 is 1.47 bits per heavy atom. The van der Waals surface area contributed by atoms with Crippen molar-refractivity contribution in [3.8, 4) is 0 Å². The first kappa shape index (κ1) is 14.1. The fraction of sp³-hybridized carbons (Fsp3) is 0.300. The minimum Gasteiger partial charge on any atom is -0.465 e. The van der Waals surface area contributed by atoms with Gasteiger partial charge in [-0.15, -0.1) is 0 Å². The lowest BCUT2D eigenvalue weighted by Crippen LogP contribution is -2.10. The molecule has 0 aliphatic carbocycles.